The van der Waals surface area contributed by atoms with Crippen LogP contribution in [-0.4, -0.2) is 48.9 Å². The first-order chi connectivity index (χ1) is 11.5. The number of hydrogen-bond donors (Lipinski definition) is 3. The van der Waals surface area contributed by atoms with Crippen LogP contribution in [0.5, 0.6) is 0 Å². The van der Waals surface area contributed by atoms with Crippen LogP contribution in [0.4, 0.5) is 0 Å². The van der Waals surface area contributed by atoms with Gasteiger partial charge in [-0.1, -0.05) is 19.1 Å². The van der Waals surface area contributed by atoms with Gasteiger partial charge in [-0.3, -0.25) is 14.6 Å². The molecule has 25 heavy (non-hydrogen) atoms. The van der Waals surface area contributed by atoms with Gasteiger partial charge in [0.2, 0.25) is 11.8 Å². The number of carbonyl (C=O) groups is 2. The third kappa shape index (κ3) is 6.18. The number of nitrogens with two attached hydrogens (primary N) is 1. The number of primary amides is 1. The third-order valence-corrected chi connectivity index (χ3v) is 4.11. The van der Waals surface area contributed by atoms with Gasteiger partial charge in [0, 0.05) is 44.7 Å². The Balaban J connectivity index is 0.00000312. The maximum atomic E-state index is 11.7. The average molecular weight is 459 g/mol. The maximum absolute atomic E-state index is 11.7. The molecular formula is C17H26IN5O2. The van der Waals surface area contributed by atoms with Crippen LogP contribution in [0.2, 0.25) is 0 Å². The van der Waals surface area contributed by atoms with E-state index in [0.29, 0.717) is 31.0 Å². The number of likely N-dealkylation sites (tertiary alicyclic amines) is 1. The molecule has 1 atom stereocenters. The van der Waals surface area contributed by atoms with E-state index >= 15 is 0 Å². The number of guanidine groups is 1. The smallest absolute Gasteiger partial charge is 0.248 e. The van der Waals surface area contributed by atoms with Crippen molar-refractivity contribution in [3.05, 3.63) is 35.4 Å². The zero-order valence-electron chi connectivity index (χ0n) is 14.6. The molecule has 1 aromatic carbocycles. The molecule has 1 fully saturated rings. The molecule has 138 valence electrons. The van der Waals surface area contributed by atoms with E-state index < -0.39 is 5.91 Å². The average Bonchev–Trinajstić information content (AvgIpc) is 3.06. The van der Waals surface area contributed by atoms with Crippen LogP contribution >= 0.6 is 24.0 Å². The molecule has 0 aliphatic carbocycles. The van der Waals surface area contributed by atoms with Gasteiger partial charge in [0.05, 0.1) is 0 Å². The minimum atomic E-state index is -0.431. The fourth-order valence-electron chi connectivity index (χ4n) is 2.69. The number of nitrogens with one attached hydrogen (secondary N) is 2. The SMILES string of the molecule is CCC(=O)N1CCC(NC(=NC)NCc2ccc(C(N)=O)cc2)C1.I. The van der Waals surface area contributed by atoms with E-state index in [4.69, 9.17) is 5.73 Å². The van der Waals surface area contributed by atoms with Crippen molar-refractivity contribution in [1.29, 1.82) is 0 Å². The second kappa shape index (κ2) is 10.2. The molecule has 0 saturated carbocycles. The lowest BCUT2D eigenvalue weighted by atomic mass is 10.1. The number of nitrogens with zero attached hydrogens (tertiary/aromatic N) is 2. The number of benzene rings is 1. The van der Waals surface area contributed by atoms with E-state index in [1.165, 1.54) is 0 Å². The molecule has 0 spiro atoms. The summed E-state index contributed by atoms with van der Waals surface area (Å²) in [4.78, 5) is 28.9. The van der Waals surface area contributed by atoms with Gasteiger partial charge < -0.3 is 21.3 Å². The predicted molar refractivity (Wildman–Crippen MR) is 109 cm³/mol. The predicted octanol–water partition coefficient (Wildman–Crippen LogP) is 1.08. The normalized spacial score (nSPS) is 17.0. The van der Waals surface area contributed by atoms with Crippen LogP contribution in [-0.2, 0) is 11.3 Å². The fourth-order valence-corrected chi connectivity index (χ4v) is 2.69. The lowest BCUT2D eigenvalue weighted by molar-refractivity contribution is -0.129. The summed E-state index contributed by atoms with van der Waals surface area (Å²) in [6.07, 6.45) is 1.46. The Kier molecular flexibility index (Phi) is 8.67. The highest BCUT2D eigenvalue weighted by molar-refractivity contribution is 14.0. The first-order valence-corrected chi connectivity index (χ1v) is 8.17. The van der Waals surface area contributed by atoms with Crippen molar-refractivity contribution in [3.8, 4) is 0 Å². The van der Waals surface area contributed by atoms with Crippen molar-refractivity contribution in [1.82, 2.24) is 15.5 Å². The van der Waals surface area contributed by atoms with Crippen molar-refractivity contribution in [2.75, 3.05) is 20.1 Å². The molecule has 0 radical (unpaired) electrons. The van der Waals surface area contributed by atoms with Crippen LogP contribution < -0.4 is 16.4 Å². The number of aliphatic imine (C=N–C) groups is 1. The molecule has 1 unspecified atom stereocenters. The third-order valence-electron chi connectivity index (χ3n) is 4.11. The summed E-state index contributed by atoms with van der Waals surface area (Å²) >= 11 is 0. The zero-order valence-corrected chi connectivity index (χ0v) is 16.9. The molecule has 1 aliphatic rings. The Morgan fingerprint density at radius 2 is 2.00 bits per heavy atom. The molecule has 2 amide bonds. The molecule has 7 nitrogen and oxygen atoms in total. The zero-order chi connectivity index (χ0) is 17.5. The van der Waals surface area contributed by atoms with Crippen molar-refractivity contribution < 1.29 is 9.59 Å². The Bertz CT molecular complexity index is 618. The van der Waals surface area contributed by atoms with Crippen LogP contribution in [0.1, 0.15) is 35.7 Å². The quantitative estimate of drug-likeness (QED) is 0.349. The second-order valence-corrected chi connectivity index (χ2v) is 5.81. The Labute approximate surface area is 165 Å². The fraction of sp³-hybridized carbons (Fsp3) is 0.471. The molecule has 0 aromatic heterocycles. The van der Waals surface area contributed by atoms with E-state index in [9.17, 15) is 9.59 Å². The van der Waals surface area contributed by atoms with E-state index in [2.05, 4.69) is 15.6 Å². The standard InChI is InChI=1S/C17H25N5O2.HI/c1-3-15(23)22-9-8-14(11-22)21-17(19-2)20-10-12-4-6-13(7-5-12)16(18)24;/h4-7,14H,3,8-11H2,1-2H3,(H2,18,24)(H2,19,20,21);1H. The summed E-state index contributed by atoms with van der Waals surface area (Å²) in [6, 6.07) is 7.35. The minimum absolute atomic E-state index is 0. The Morgan fingerprint density at radius 3 is 2.56 bits per heavy atom. The van der Waals surface area contributed by atoms with Crippen LogP contribution in [0, 0.1) is 0 Å². The highest BCUT2D eigenvalue weighted by Gasteiger charge is 2.25. The van der Waals surface area contributed by atoms with Gasteiger partial charge in [-0.25, -0.2) is 0 Å². The van der Waals surface area contributed by atoms with Gasteiger partial charge in [-0.05, 0) is 24.1 Å². The maximum Gasteiger partial charge on any atom is 0.248 e. The highest BCUT2D eigenvalue weighted by atomic mass is 127. The Morgan fingerprint density at radius 1 is 1.32 bits per heavy atom. The molecule has 1 aromatic rings. The summed E-state index contributed by atoms with van der Waals surface area (Å²) in [5.41, 5.74) is 6.75. The second-order valence-electron chi connectivity index (χ2n) is 5.81. The lowest BCUT2D eigenvalue weighted by Crippen LogP contribution is -2.44. The van der Waals surface area contributed by atoms with Gasteiger partial charge in [-0.15, -0.1) is 24.0 Å². The molecule has 2 rings (SSSR count). The molecule has 4 N–H and O–H groups in total. The summed E-state index contributed by atoms with van der Waals surface area (Å²) in [6.45, 7) is 3.96. The summed E-state index contributed by atoms with van der Waals surface area (Å²) in [7, 11) is 1.72. The van der Waals surface area contributed by atoms with E-state index in [1.54, 1.807) is 19.2 Å². The van der Waals surface area contributed by atoms with Gasteiger partial charge in [0.15, 0.2) is 5.96 Å². The van der Waals surface area contributed by atoms with Crippen LogP contribution in [0.3, 0.4) is 0 Å². The molecule has 0 bridgehead atoms. The molecule has 8 heteroatoms. The molecular weight excluding hydrogens is 433 g/mol. The van der Waals surface area contributed by atoms with Crippen molar-refractivity contribution in [2.45, 2.75) is 32.4 Å². The van der Waals surface area contributed by atoms with Gasteiger partial charge in [-0.2, -0.15) is 0 Å². The van der Waals surface area contributed by atoms with Crippen LogP contribution in [0.25, 0.3) is 0 Å². The molecule has 1 aliphatic heterocycles. The lowest BCUT2D eigenvalue weighted by Gasteiger charge is -2.18. The number of rotatable bonds is 5. The Hall–Kier alpha value is -1.84. The topological polar surface area (TPSA) is 99.8 Å². The highest BCUT2D eigenvalue weighted by Crippen LogP contribution is 2.10. The summed E-state index contributed by atoms with van der Waals surface area (Å²) in [5, 5.41) is 6.58. The number of amides is 2. The minimum Gasteiger partial charge on any atom is -0.366 e. The summed E-state index contributed by atoms with van der Waals surface area (Å²) < 4.78 is 0. The number of hydrogen-bond acceptors (Lipinski definition) is 3. The van der Waals surface area contributed by atoms with Gasteiger partial charge >= 0.3 is 0 Å². The monoisotopic (exact) mass is 459 g/mol. The van der Waals surface area contributed by atoms with Crippen molar-refractivity contribution >= 4 is 41.8 Å². The van der Waals surface area contributed by atoms with Crippen molar-refractivity contribution in [2.24, 2.45) is 10.7 Å². The van der Waals surface area contributed by atoms with Gasteiger partial charge in [0.25, 0.3) is 0 Å². The number of carbonyl (C=O) groups excluding carboxylic acids is 2. The van der Waals surface area contributed by atoms with Crippen molar-refractivity contribution in [3.63, 3.8) is 0 Å². The van der Waals surface area contributed by atoms with E-state index in [0.717, 1.165) is 18.5 Å². The molecule has 1 saturated heterocycles. The first kappa shape index (κ1) is 21.2. The largest absolute Gasteiger partial charge is 0.366 e. The first-order valence-electron chi connectivity index (χ1n) is 8.17. The summed E-state index contributed by atoms with van der Waals surface area (Å²) in [5.74, 6) is 0.459. The van der Waals surface area contributed by atoms with E-state index in [1.807, 2.05) is 24.0 Å². The molecule has 1 heterocycles. The van der Waals surface area contributed by atoms with E-state index in [-0.39, 0.29) is 35.9 Å². The van der Waals surface area contributed by atoms with Crippen LogP contribution in [0.15, 0.2) is 29.3 Å². The van der Waals surface area contributed by atoms with Gasteiger partial charge in [0.1, 0.15) is 0 Å². The number of halogens is 1.